The second-order valence-electron chi connectivity index (χ2n) is 2.83. The second kappa shape index (κ2) is 5.86. The van der Waals surface area contributed by atoms with Gasteiger partial charge in [0.05, 0.1) is 12.2 Å². The summed E-state index contributed by atoms with van der Waals surface area (Å²) in [5.41, 5.74) is 0. The van der Waals surface area contributed by atoms with Gasteiger partial charge in [-0.3, -0.25) is 0 Å². The van der Waals surface area contributed by atoms with Gasteiger partial charge in [0.25, 0.3) is 0 Å². The summed E-state index contributed by atoms with van der Waals surface area (Å²) in [5, 5.41) is 9.44. The molecule has 0 aromatic rings. The summed E-state index contributed by atoms with van der Waals surface area (Å²) in [5.74, 6) is 0.947. The van der Waals surface area contributed by atoms with Gasteiger partial charge >= 0.3 is 0 Å². The van der Waals surface area contributed by atoms with E-state index in [-0.39, 0.29) is 12.2 Å². The number of ether oxygens (including phenoxy) is 1. The van der Waals surface area contributed by atoms with Crippen molar-refractivity contribution >= 4 is 11.8 Å². The molecule has 0 radical (unpaired) electrons. The number of rotatable bonds is 5. The van der Waals surface area contributed by atoms with Crippen molar-refractivity contribution in [2.24, 2.45) is 0 Å². The van der Waals surface area contributed by atoms with Crippen LogP contribution in [0.2, 0.25) is 0 Å². The Balaban J connectivity index is 3.37. The molecule has 0 aliphatic heterocycles. The SMILES string of the molecule is COC(C)CSC(C)C(C)O. The van der Waals surface area contributed by atoms with Crippen LogP contribution >= 0.6 is 11.8 Å². The summed E-state index contributed by atoms with van der Waals surface area (Å²) >= 11 is 1.74. The van der Waals surface area contributed by atoms with Crippen LogP contribution in [0.1, 0.15) is 20.8 Å². The lowest BCUT2D eigenvalue weighted by Gasteiger charge is -2.16. The number of hydrogen-bond donors (Lipinski definition) is 1. The lowest BCUT2D eigenvalue weighted by molar-refractivity contribution is 0.137. The van der Waals surface area contributed by atoms with E-state index in [1.165, 1.54) is 0 Å². The predicted molar refractivity (Wildman–Crippen MR) is 50.1 cm³/mol. The van der Waals surface area contributed by atoms with Crippen LogP contribution in [0.5, 0.6) is 0 Å². The van der Waals surface area contributed by atoms with Crippen LogP contribution < -0.4 is 0 Å². The van der Waals surface area contributed by atoms with E-state index in [4.69, 9.17) is 9.84 Å². The summed E-state index contributed by atoms with van der Waals surface area (Å²) in [6, 6.07) is 0. The zero-order valence-electron chi connectivity index (χ0n) is 7.70. The van der Waals surface area contributed by atoms with Gasteiger partial charge in [-0.1, -0.05) is 6.92 Å². The molecular formula is C8H18O2S. The molecule has 2 nitrogen and oxygen atoms in total. The highest BCUT2D eigenvalue weighted by atomic mass is 32.2. The van der Waals surface area contributed by atoms with Crippen molar-refractivity contribution in [3.63, 3.8) is 0 Å². The van der Waals surface area contributed by atoms with Crippen LogP contribution in [0, 0.1) is 0 Å². The fraction of sp³-hybridized carbons (Fsp3) is 1.00. The van der Waals surface area contributed by atoms with E-state index in [0.717, 1.165) is 5.75 Å². The van der Waals surface area contributed by atoms with Crippen LogP contribution in [0.4, 0.5) is 0 Å². The van der Waals surface area contributed by atoms with Gasteiger partial charge in [0.2, 0.25) is 0 Å². The fourth-order valence-electron chi connectivity index (χ4n) is 0.495. The molecule has 0 heterocycles. The summed E-state index contributed by atoms with van der Waals surface area (Å²) in [4.78, 5) is 0. The number of aliphatic hydroxyl groups excluding tert-OH is 1. The van der Waals surface area contributed by atoms with Gasteiger partial charge in [0.15, 0.2) is 0 Å². The molecule has 0 spiro atoms. The summed E-state index contributed by atoms with van der Waals surface area (Å²) < 4.78 is 5.08. The second-order valence-corrected chi connectivity index (χ2v) is 4.24. The predicted octanol–water partition coefficient (Wildman–Crippen LogP) is 1.52. The average molecular weight is 178 g/mol. The zero-order chi connectivity index (χ0) is 8.85. The van der Waals surface area contributed by atoms with Gasteiger partial charge in [-0.05, 0) is 13.8 Å². The molecule has 3 atom stereocenters. The maximum atomic E-state index is 9.14. The van der Waals surface area contributed by atoms with E-state index < -0.39 is 0 Å². The fourth-order valence-corrected chi connectivity index (χ4v) is 1.48. The minimum atomic E-state index is -0.232. The molecule has 0 amide bonds. The van der Waals surface area contributed by atoms with E-state index in [2.05, 4.69) is 0 Å². The molecule has 0 aliphatic rings. The molecule has 0 aliphatic carbocycles. The molecule has 1 N–H and O–H groups in total. The molecule has 0 aromatic heterocycles. The Morgan fingerprint density at radius 1 is 1.36 bits per heavy atom. The third-order valence-corrected chi connectivity index (χ3v) is 3.26. The average Bonchev–Trinajstić information content (AvgIpc) is 1.99. The minimum Gasteiger partial charge on any atom is -0.392 e. The topological polar surface area (TPSA) is 29.5 Å². The van der Waals surface area contributed by atoms with Crippen LogP contribution in [0.15, 0.2) is 0 Å². The van der Waals surface area contributed by atoms with E-state index in [0.29, 0.717) is 5.25 Å². The van der Waals surface area contributed by atoms with Crippen molar-refractivity contribution in [3.05, 3.63) is 0 Å². The summed E-state index contributed by atoms with van der Waals surface area (Å²) in [6.07, 6.45) is 0.0465. The smallest absolute Gasteiger partial charge is 0.0633 e. The Bertz CT molecular complexity index is 96.1. The van der Waals surface area contributed by atoms with E-state index >= 15 is 0 Å². The molecule has 0 bridgehead atoms. The third-order valence-electron chi connectivity index (χ3n) is 1.68. The zero-order valence-corrected chi connectivity index (χ0v) is 8.52. The quantitative estimate of drug-likeness (QED) is 0.692. The van der Waals surface area contributed by atoms with Crippen LogP contribution in [-0.2, 0) is 4.74 Å². The normalized spacial score (nSPS) is 19.4. The lowest BCUT2D eigenvalue weighted by Crippen LogP contribution is -2.19. The molecule has 0 aromatic carbocycles. The molecule has 68 valence electrons. The summed E-state index contributed by atoms with van der Waals surface area (Å²) in [6.45, 7) is 5.87. The highest BCUT2D eigenvalue weighted by Crippen LogP contribution is 2.15. The Labute approximate surface area is 73.3 Å². The first-order valence-electron chi connectivity index (χ1n) is 3.90. The highest BCUT2D eigenvalue weighted by molar-refractivity contribution is 7.99. The molecule has 0 saturated heterocycles. The number of methoxy groups -OCH3 is 1. The first-order chi connectivity index (χ1) is 5.07. The Morgan fingerprint density at radius 3 is 2.27 bits per heavy atom. The van der Waals surface area contributed by atoms with Crippen molar-refractivity contribution in [2.75, 3.05) is 12.9 Å². The largest absolute Gasteiger partial charge is 0.392 e. The number of thioether (sulfide) groups is 1. The Hall–Kier alpha value is 0.270. The molecule has 11 heavy (non-hydrogen) atoms. The van der Waals surface area contributed by atoms with E-state index in [1.54, 1.807) is 18.9 Å². The van der Waals surface area contributed by atoms with Gasteiger partial charge in [0, 0.05) is 18.1 Å². The van der Waals surface area contributed by atoms with Gasteiger partial charge in [0.1, 0.15) is 0 Å². The number of aliphatic hydroxyl groups is 1. The molecule has 3 heteroatoms. The molecule has 0 saturated carbocycles. The van der Waals surface area contributed by atoms with Crippen molar-refractivity contribution in [1.82, 2.24) is 0 Å². The molecule has 3 unspecified atom stereocenters. The monoisotopic (exact) mass is 178 g/mol. The lowest BCUT2D eigenvalue weighted by atomic mass is 10.3. The van der Waals surface area contributed by atoms with Gasteiger partial charge in [-0.25, -0.2) is 0 Å². The van der Waals surface area contributed by atoms with Crippen LogP contribution in [-0.4, -0.2) is 35.4 Å². The van der Waals surface area contributed by atoms with E-state index in [9.17, 15) is 0 Å². The Morgan fingerprint density at radius 2 is 1.91 bits per heavy atom. The Kier molecular flexibility index (Phi) is 6.01. The van der Waals surface area contributed by atoms with Gasteiger partial charge < -0.3 is 9.84 Å². The maximum Gasteiger partial charge on any atom is 0.0633 e. The molecule has 0 fully saturated rings. The highest BCUT2D eigenvalue weighted by Gasteiger charge is 2.10. The first-order valence-corrected chi connectivity index (χ1v) is 4.95. The minimum absolute atomic E-state index is 0.232. The van der Waals surface area contributed by atoms with Crippen molar-refractivity contribution < 1.29 is 9.84 Å². The van der Waals surface area contributed by atoms with Crippen molar-refractivity contribution in [1.29, 1.82) is 0 Å². The maximum absolute atomic E-state index is 9.14. The molecule has 0 rings (SSSR count). The van der Waals surface area contributed by atoms with Gasteiger partial charge in [-0.15, -0.1) is 0 Å². The molecular weight excluding hydrogens is 160 g/mol. The van der Waals surface area contributed by atoms with E-state index in [1.807, 2.05) is 20.8 Å². The van der Waals surface area contributed by atoms with Crippen molar-refractivity contribution in [2.45, 2.75) is 38.2 Å². The third kappa shape index (κ3) is 5.53. The van der Waals surface area contributed by atoms with Crippen molar-refractivity contribution in [3.8, 4) is 0 Å². The van der Waals surface area contributed by atoms with Crippen LogP contribution in [0.3, 0.4) is 0 Å². The van der Waals surface area contributed by atoms with Gasteiger partial charge in [-0.2, -0.15) is 11.8 Å². The standard InChI is InChI=1S/C8H18O2S/c1-6(10-4)5-11-8(3)7(2)9/h6-9H,5H2,1-4H3. The first kappa shape index (κ1) is 11.3. The summed E-state index contributed by atoms with van der Waals surface area (Å²) in [7, 11) is 1.71. The number of hydrogen-bond acceptors (Lipinski definition) is 3. The van der Waals surface area contributed by atoms with Crippen LogP contribution in [0.25, 0.3) is 0 Å².